The number of nitrogens with zero attached hydrogens (tertiary/aromatic N) is 1. The lowest BCUT2D eigenvalue weighted by atomic mass is 9.92. The molecule has 0 amide bonds. The second-order valence-corrected chi connectivity index (χ2v) is 10.4. The predicted octanol–water partition coefficient (Wildman–Crippen LogP) is 9.92. The fourth-order valence-corrected chi connectivity index (χ4v) is 5.80. The predicted molar refractivity (Wildman–Crippen MR) is 169 cm³/mol. The molecule has 6 aromatic carbocycles. The van der Waals surface area contributed by atoms with Crippen molar-refractivity contribution in [1.29, 1.82) is 0 Å². The van der Waals surface area contributed by atoms with Crippen molar-refractivity contribution in [2.24, 2.45) is 0 Å². The molecule has 1 aliphatic heterocycles. The van der Waals surface area contributed by atoms with Gasteiger partial charge in [0.15, 0.2) is 0 Å². The molecule has 6 aromatic rings. The summed E-state index contributed by atoms with van der Waals surface area (Å²) in [6.45, 7) is 0. The first-order chi connectivity index (χ1) is 19.7. The first-order valence-corrected chi connectivity index (χ1v) is 13.8. The van der Waals surface area contributed by atoms with Crippen LogP contribution in [0.2, 0.25) is 0 Å². The van der Waals surface area contributed by atoms with Gasteiger partial charge in [0.2, 0.25) is 0 Å². The molecule has 1 aliphatic rings. The quantitative estimate of drug-likeness (QED) is 0.246. The molecule has 2 nitrogen and oxygen atoms in total. The fourth-order valence-electron chi connectivity index (χ4n) is 5.80. The molecule has 0 saturated carbocycles. The maximum Gasteiger partial charge on any atom is 0.126 e. The Morgan fingerprint density at radius 1 is 0.450 bits per heavy atom. The average molecular weight is 515 g/mol. The van der Waals surface area contributed by atoms with E-state index in [0.29, 0.717) is 0 Å². The topological polar surface area (TPSA) is 15.3 Å². The molecule has 0 aromatic heterocycles. The van der Waals surface area contributed by atoms with E-state index in [-0.39, 0.29) is 6.17 Å². The zero-order chi connectivity index (χ0) is 26.9. The Kier molecular flexibility index (Phi) is 6.14. The van der Waals surface area contributed by atoms with Gasteiger partial charge in [0.1, 0.15) is 6.17 Å². The van der Waals surface area contributed by atoms with Gasteiger partial charge in [-0.25, -0.2) is 0 Å². The first kappa shape index (κ1) is 24.0. The summed E-state index contributed by atoms with van der Waals surface area (Å²) in [5.41, 5.74) is 13.4. The highest BCUT2D eigenvalue weighted by atomic mass is 15.3. The Bertz CT molecular complexity index is 1720. The Morgan fingerprint density at radius 2 is 0.925 bits per heavy atom. The van der Waals surface area contributed by atoms with Gasteiger partial charge in [-0.05, 0) is 74.8 Å². The molecule has 192 valence electrons. The summed E-state index contributed by atoms with van der Waals surface area (Å²) < 4.78 is 0. The van der Waals surface area contributed by atoms with Crippen LogP contribution in [0.3, 0.4) is 0 Å². The van der Waals surface area contributed by atoms with E-state index in [2.05, 4.69) is 169 Å². The van der Waals surface area contributed by atoms with E-state index in [1.807, 2.05) is 0 Å². The summed E-state index contributed by atoms with van der Waals surface area (Å²) in [6, 6.07) is 54.4. The second kappa shape index (κ2) is 10.2. The number of hydrogen-bond acceptors (Lipinski definition) is 2. The van der Waals surface area contributed by atoms with E-state index >= 15 is 0 Å². The van der Waals surface area contributed by atoms with Gasteiger partial charge in [-0.3, -0.25) is 0 Å². The maximum atomic E-state index is 3.72. The summed E-state index contributed by atoms with van der Waals surface area (Å²) in [4.78, 5) is 2.32. The highest BCUT2D eigenvalue weighted by Gasteiger charge is 2.28. The third kappa shape index (κ3) is 4.44. The van der Waals surface area contributed by atoms with Gasteiger partial charge in [0, 0.05) is 12.6 Å². The first-order valence-electron chi connectivity index (χ1n) is 13.8. The third-order valence-electron chi connectivity index (χ3n) is 7.90. The van der Waals surface area contributed by atoms with E-state index in [1.54, 1.807) is 0 Å². The van der Waals surface area contributed by atoms with Crippen molar-refractivity contribution in [3.05, 3.63) is 157 Å². The summed E-state index contributed by atoms with van der Waals surface area (Å²) >= 11 is 0. The lowest BCUT2D eigenvalue weighted by Crippen LogP contribution is -2.24. The molecule has 1 atom stereocenters. The van der Waals surface area contributed by atoms with Crippen LogP contribution >= 0.6 is 0 Å². The van der Waals surface area contributed by atoms with Crippen LogP contribution in [0.5, 0.6) is 0 Å². The molecule has 0 spiro atoms. The molecule has 0 radical (unpaired) electrons. The smallest absolute Gasteiger partial charge is 0.126 e. The van der Waals surface area contributed by atoms with Gasteiger partial charge in [0.25, 0.3) is 0 Å². The largest absolute Gasteiger partial charge is 0.360 e. The number of fused-ring (bicyclic) bond motifs is 1. The van der Waals surface area contributed by atoms with Crippen molar-refractivity contribution in [1.82, 2.24) is 0 Å². The highest BCUT2D eigenvalue weighted by Crippen LogP contribution is 2.42. The lowest BCUT2D eigenvalue weighted by molar-refractivity contribution is 0.794. The third-order valence-corrected chi connectivity index (χ3v) is 7.90. The van der Waals surface area contributed by atoms with Gasteiger partial charge in [-0.2, -0.15) is 0 Å². The van der Waals surface area contributed by atoms with Crippen LogP contribution in [0, 0.1) is 0 Å². The molecule has 1 N–H and O–H groups in total. The van der Waals surface area contributed by atoms with Gasteiger partial charge in [0.05, 0.1) is 11.4 Å². The summed E-state index contributed by atoms with van der Waals surface area (Å²) in [6.07, 6.45) is 0.0873. The molecular formula is C38H30N2. The van der Waals surface area contributed by atoms with Crippen LogP contribution in [0.15, 0.2) is 152 Å². The van der Waals surface area contributed by atoms with E-state index < -0.39 is 0 Å². The molecule has 1 unspecified atom stereocenters. The Morgan fingerprint density at radius 3 is 1.52 bits per heavy atom. The summed E-state index contributed by atoms with van der Waals surface area (Å²) in [5, 5.41) is 3.72. The number of anilines is 2. The normalized spacial score (nSPS) is 14.0. The summed E-state index contributed by atoms with van der Waals surface area (Å²) in [5.74, 6) is 0. The van der Waals surface area contributed by atoms with Crippen LogP contribution in [0.25, 0.3) is 44.5 Å². The van der Waals surface area contributed by atoms with E-state index in [0.717, 1.165) is 0 Å². The van der Waals surface area contributed by atoms with Gasteiger partial charge >= 0.3 is 0 Å². The van der Waals surface area contributed by atoms with Crippen molar-refractivity contribution in [3.8, 4) is 44.5 Å². The zero-order valence-corrected chi connectivity index (χ0v) is 22.5. The number of rotatable bonds is 5. The van der Waals surface area contributed by atoms with Gasteiger partial charge in [-0.15, -0.1) is 0 Å². The molecule has 0 saturated heterocycles. The van der Waals surface area contributed by atoms with Crippen molar-refractivity contribution in [2.45, 2.75) is 6.17 Å². The number of para-hydroxylation sites is 2. The van der Waals surface area contributed by atoms with Crippen LogP contribution in [-0.4, -0.2) is 7.05 Å². The molecule has 2 heteroatoms. The van der Waals surface area contributed by atoms with Crippen molar-refractivity contribution < 1.29 is 0 Å². The molecule has 0 bridgehead atoms. The van der Waals surface area contributed by atoms with E-state index in [4.69, 9.17) is 0 Å². The van der Waals surface area contributed by atoms with Crippen molar-refractivity contribution >= 4 is 11.4 Å². The lowest BCUT2D eigenvalue weighted by Gasteiger charge is -2.25. The Labute approximate surface area is 236 Å². The van der Waals surface area contributed by atoms with E-state index in [9.17, 15) is 0 Å². The molecular weight excluding hydrogens is 484 g/mol. The molecule has 0 aliphatic carbocycles. The highest BCUT2D eigenvalue weighted by molar-refractivity contribution is 5.83. The number of benzene rings is 6. The van der Waals surface area contributed by atoms with E-state index in [1.165, 1.54) is 61.4 Å². The minimum atomic E-state index is 0.0873. The Hall–Kier alpha value is -5.08. The molecule has 40 heavy (non-hydrogen) atoms. The molecule has 1 heterocycles. The average Bonchev–Trinajstić information content (AvgIpc) is 3.38. The molecule has 7 rings (SSSR count). The summed E-state index contributed by atoms with van der Waals surface area (Å²) in [7, 11) is 2.16. The minimum Gasteiger partial charge on any atom is -0.360 e. The van der Waals surface area contributed by atoms with Crippen molar-refractivity contribution in [3.63, 3.8) is 0 Å². The van der Waals surface area contributed by atoms with Crippen molar-refractivity contribution in [2.75, 3.05) is 17.3 Å². The van der Waals surface area contributed by atoms with Crippen LogP contribution in [-0.2, 0) is 0 Å². The SMILES string of the molecule is CN1c2ccccc2NC1c1ccccc1-c1ccc(-c2cc(-c3ccccc3)cc(-c3ccccc3)c2)cc1. The minimum absolute atomic E-state index is 0.0873. The number of hydrogen-bond donors (Lipinski definition) is 1. The van der Waals surface area contributed by atoms with Crippen LogP contribution in [0.4, 0.5) is 11.4 Å². The van der Waals surface area contributed by atoms with Gasteiger partial charge in [-0.1, -0.05) is 121 Å². The maximum absolute atomic E-state index is 3.72. The zero-order valence-electron chi connectivity index (χ0n) is 22.5. The fraction of sp³-hybridized carbons (Fsp3) is 0.0526. The number of nitrogens with one attached hydrogen (secondary N) is 1. The molecule has 0 fully saturated rings. The second-order valence-electron chi connectivity index (χ2n) is 10.4. The Balaban J connectivity index is 1.26. The van der Waals surface area contributed by atoms with Crippen LogP contribution in [0.1, 0.15) is 11.7 Å². The van der Waals surface area contributed by atoms with Gasteiger partial charge < -0.3 is 10.2 Å². The standard InChI is InChI=1S/C38H30N2/c1-40-37-19-11-10-18-36(37)39-38(40)35-17-9-8-16-34(35)30-22-20-29(21-23-30)33-25-31(27-12-4-2-5-13-27)24-32(26-33)28-14-6-3-7-15-28/h2-26,38-39H,1H3. The monoisotopic (exact) mass is 514 g/mol. The van der Waals surface area contributed by atoms with Crippen LogP contribution < -0.4 is 10.2 Å².